The fourth-order valence-electron chi connectivity index (χ4n) is 4.68. The maximum Gasteiger partial charge on any atom is 0.416 e. The SMILES string of the molecule is CN(C)[C@H]1C[C@@H](c2cccc(C(F)(F)F)c2)CC[C@@H]1Nc1ccc(S(=O)(=O)Cc2ccncn2)cn1.O=CO. The standard InChI is InChI=1S/C25H28F3N5O2S.CH2O2/c1-33(2)23-13-18(17-4-3-5-19(12-17)25(26,27)28)6-8-22(23)32-24-9-7-21(14-30-24)36(34,35)15-20-10-11-29-16-31-20;2-1-3/h3-5,7,9-12,14,16,18,22-23H,6,8,13,15H2,1-2H3,(H,30,32);1H,(H,2,3)/t18-,22-,23-;/m0./s1. The molecule has 0 saturated heterocycles. The van der Waals surface area contributed by atoms with Gasteiger partial charge >= 0.3 is 6.18 Å². The van der Waals surface area contributed by atoms with E-state index in [9.17, 15) is 21.6 Å². The van der Waals surface area contributed by atoms with Crippen LogP contribution < -0.4 is 5.32 Å². The summed E-state index contributed by atoms with van der Waals surface area (Å²) >= 11 is 0. The van der Waals surface area contributed by atoms with E-state index in [1.165, 1.54) is 36.9 Å². The Morgan fingerprint density at radius 1 is 1.13 bits per heavy atom. The Hall–Kier alpha value is -3.58. The molecule has 2 N–H and O–H groups in total. The predicted octanol–water partition coefficient (Wildman–Crippen LogP) is 4.24. The van der Waals surface area contributed by atoms with Gasteiger partial charge in [-0.3, -0.25) is 4.79 Å². The third-order valence-corrected chi connectivity index (χ3v) is 8.21. The van der Waals surface area contributed by atoms with Gasteiger partial charge in [-0.15, -0.1) is 0 Å². The Balaban J connectivity index is 0.00000134. The summed E-state index contributed by atoms with van der Waals surface area (Å²) in [5.74, 6) is 0.317. The highest BCUT2D eigenvalue weighted by atomic mass is 32.2. The first-order valence-corrected chi connectivity index (χ1v) is 13.7. The van der Waals surface area contributed by atoms with Crippen LogP contribution in [0.5, 0.6) is 0 Å². The van der Waals surface area contributed by atoms with Gasteiger partial charge < -0.3 is 15.3 Å². The molecular formula is C26H30F3N5O4S. The van der Waals surface area contributed by atoms with Crippen LogP contribution in [0.3, 0.4) is 0 Å². The smallest absolute Gasteiger partial charge is 0.416 e. The van der Waals surface area contributed by atoms with Crippen molar-refractivity contribution in [1.29, 1.82) is 0 Å². The minimum absolute atomic E-state index is 0.0121. The molecule has 0 unspecified atom stereocenters. The van der Waals surface area contributed by atoms with Gasteiger partial charge in [-0.25, -0.2) is 23.4 Å². The molecule has 0 radical (unpaired) electrons. The van der Waals surface area contributed by atoms with Gasteiger partial charge in [0.15, 0.2) is 9.84 Å². The number of hydrogen-bond donors (Lipinski definition) is 2. The highest BCUT2D eigenvalue weighted by Gasteiger charge is 2.35. The molecule has 1 aromatic carbocycles. The van der Waals surface area contributed by atoms with Gasteiger partial charge in [0, 0.05) is 24.5 Å². The molecule has 0 spiro atoms. The highest BCUT2D eigenvalue weighted by Crippen LogP contribution is 2.38. The van der Waals surface area contributed by atoms with Gasteiger partial charge in [0.1, 0.15) is 12.1 Å². The number of rotatable bonds is 7. The number of likely N-dealkylation sites (N-methyl/N-ethyl adjacent to an activating group) is 1. The molecule has 3 aromatic rings. The molecule has 1 aliphatic rings. The molecule has 2 aromatic heterocycles. The molecule has 1 fully saturated rings. The number of halogens is 3. The summed E-state index contributed by atoms with van der Waals surface area (Å²) in [6, 6.07) is 10.4. The number of nitrogens with one attached hydrogen (secondary N) is 1. The predicted molar refractivity (Wildman–Crippen MR) is 139 cm³/mol. The van der Waals surface area contributed by atoms with Crippen molar-refractivity contribution in [3.63, 3.8) is 0 Å². The van der Waals surface area contributed by atoms with Crippen molar-refractivity contribution >= 4 is 22.1 Å². The fraction of sp³-hybridized carbons (Fsp3) is 0.385. The summed E-state index contributed by atoms with van der Waals surface area (Å²) in [6.45, 7) is -0.250. The van der Waals surface area contributed by atoms with E-state index in [2.05, 4.69) is 25.2 Å². The number of carboxylic acid groups (broad SMARTS) is 1. The molecule has 9 nitrogen and oxygen atoms in total. The summed E-state index contributed by atoms with van der Waals surface area (Å²) in [4.78, 5) is 22.6. The van der Waals surface area contributed by atoms with Crippen molar-refractivity contribution in [3.8, 4) is 0 Å². The van der Waals surface area contributed by atoms with E-state index in [1.54, 1.807) is 18.2 Å². The molecule has 1 aliphatic carbocycles. The van der Waals surface area contributed by atoms with E-state index in [0.29, 0.717) is 23.5 Å². The van der Waals surface area contributed by atoms with E-state index in [4.69, 9.17) is 9.90 Å². The molecule has 0 amide bonds. The normalized spacial score (nSPS) is 19.6. The van der Waals surface area contributed by atoms with Gasteiger partial charge in [0.25, 0.3) is 6.47 Å². The molecule has 1 saturated carbocycles. The molecule has 4 rings (SSSR count). The van der Waals surface area contributed by atoms with E-state index < -0.39 is 21.6 Å². The Kier molecular flexibility index (Phi) is 9.97. The largest absolute Gasteiger partial charge is 0.483 e. The van der Waals surface area contributed by atoms with Crippen molar-refractivity contribution in [3.05, 3.63) is 78.0 Å². The lowest BCUT2D eigenvalue weighted by molar-refractivity contribution is -0.137. The lowest BCUT2D eigenvalue weighted by Gasteiger charge is -2.40. The first-order valence-electron chi connectivity index (χ1n) is 12.1. The Bertz CT molecular complexity index is 1320. The average molecular weight is 566 g/mol. The summed E-state index contributed by atoms with van der Waals surface area (Å²) in [5, 5.41) is 10.3. The first kappa shape index (κ1) is 30.0. The second-order valence-corrected chi connectivity index (χ2v) is 11.3. The van der Waals surface area contributed by atoms with Crippen LogP contribution >= 0.6 is 0 Å². The molecule has 210 valence electrons. The molecule has 0 aliphatic heterocycles. The molecule has 13 heteroatoms. The van der Waals surface area contributed by atoms with Gasteiger partial charge in [0.2, 0.25) is 0 Å². The van der Waals surface area contributed by atoms with Crippen LogP contribution in [-0.4, -0.2) is 66.0 Å². The quantitative estimate of drug-likeness (QED) is 0.405. The van der Waals surface area contributed by atoms with Crippen molar-refractivity contribution in [2.75, 3.05) is 19.4 Å². The number of anilines is 1. The Morgan fingerprint density at radius 3 is 2.46 bits per heavy atom. The number of benzene rings is 1. The van der Waals surface area contributed by atoms with Crippen LogP contribution in [0.4, 0.5) is 19.0 Å². The first-order chi connectivity index (χ1) is 18.4. The van der Waals surface area contributed by atoms with Crippen LogP contribution in [0.2, 0.25) is 0 Å². The number of aromatic nitrogens is 3. The molecule has 2 heterocycles. The zero-order valence-corrected chi connectivity index (χ0v) is 22.2. The minimum atomic E-state index is -4.37. The number of alkyl halides is 3. The van der Waals surface area contributed by atoms with Crippen LogP contribution in [0.15, 0.2) is 66.1 Å². The average Bonchev–Trinajstić information content (AvgIpc) is 2.89. The molecular weight excluding hydrogens is 535 g/mol. The van der Waals surface area contributed by atoms with Crippen molar-refractivity contribution in [1.82, 2.24) is 19.9 Å². The maximum absolute atomic E-state index is 13.2. The monoisotopic (exact) mass is 565 g/mol. The number of nitrogens with zero attached hydrogens (tertiary/aromatic N) is 4. The summed E-state index contributed by atoms with van der Waals surface area (Å²) in [7, 11) is 0.289. The number of sulfone groups is 1. The minimum Gasteiger partial charge on any atom is -0.483 e. The highest BCUT2D eigenvalue weighted by molar-refractivity contribution is 7.90. The van der Waals surface area contributed by atoms with Gasteiger partial charge in [-0.05, 0) is 69.1 Å². The van der Waals surface area contributed by atoms with E-state index in [1.807, 2.05) is 14.1 Å². The second-order valence-electron chi connectivity index (χ2n) is 9.36. The fourth-order valence-corrected chi connectivity index (χ4v) is 5.89. The van der Waals surface area contributed by atoms with Gasteiger partial charge in [0.05, 0.1) is 21.9 Å². The van der Waals surface area contributed by atoms with E-state index in [-0.39, 0.29) is 35.1 Å². The maximum atomic E-state index is 13.2. The van der Waals surface area contributed by atoms with Crippen LogP contribution in [0.1, 0.15) is 42.0 Å². The Morgan fingerprint density at radius 2 is 1.87 bits per heavy atom. The third kappa shape index (κ3) is 8.20. The zero-order chi connectivity index (χ0) is 28.6. The molecule has 39 heavy (non-hydrogen) atoms. The van der Waals surface area contributed by atoms with Crippen LogP contribution in [-0.2, 0) is 26.6 Å². The number of pyridine rings is 1. The van der Waals surface area contributed by atoms with Crippen LogP contribution in [0.25, 0.3) is 0 Å². The number of carbonyl (C=O) groups is 1. The Labute approximate surface area is 225 Å². The summed E-state index contributed by atoms with van der Waals surface area (Å²) in [5.41, 5.74) is 0.477. The third-order valence-electron chi connectivity index (χ3n) is 6.58. The topological polar surface area (TPSA) is 125 Å². The summed E-state index contributed by atoms with van der Waals surface area (Å²) < 4.78 is 65.0. The van der Waals surface area contributed by atoms with Crippen molar-refractivity contribution in [2.24, 2.45) is 0 Å². The van der Waals surface area contributed by atoms with E-state index >= 15 is 0 Å². The van der Waals surface area contributed by atoms with Gasteiger partial charge in [-0.1, -0.05) is 18.2 Å². The second kappa shape index (κ2) is 13.0. The molecule has 3 atom stereocenters. The van der Waals surface area contributed by atoms with Gasteiger partial charge in [-0.2, -0.15) is 13.2 Å². The lowest BCUT2D eigenvalue weighted by Crippen LogP contribution is -2.47. The van der Waals surface area contributed by atoms with Crippen molar-refractivity contribution in [2.45, 2.75) is 54.1 Å². The van der Waals surface area contributed by atoms with E-state index in [0.717, 1.165) is 18.9 Å². The van der Waals surface area contributed by atoms with Crippen molar-refractivity contribution < 1.29 is 31.5 Å². The summed E-state index contributed by atoms with van der Waals surface area (Å²) in [6.07, 6.45) is 1.92. The molecule has 0 bridgehead atoms. The van der Waals surface area contributed by atoms with Crippen LogP contribution in [0, 0.1) is 0 Å². The zero-order valence-electron chi connectivity index (χ0n) is 21.4. The lowest BCUT2D eigenvalue weighted by atomic mass is 9.78. The number of hydrogen-bond acceptors (Lipinski definition) is 8.